The lowest BCUT2D eigenvalue weighted by Crippen LogP contribution is -2.45. The minimum atomic E-state index is -1.34. The molecule has 4 rings (SSSR count). The Morgan fingerprint density at radius 1 is 1.17 bits per heavy atom. The molecule has 3 N–H and O–H groups in total. The molecule has 0 saturated carbocycles. The molecule has 11 nitrogen and oxygen atoms in total. The molecule has 0 aliphatic carbocycles. The van der Waals surface area contributed by atoms with Crippen LogP contribution in [0.25, 0.3) is 0 Å². The highest BCUT2D eigenvalue weighted by molar-refractivity contribution is 6.30. The fraction of sp³-hybridized carbons (Fsp3) is 0.217. The lowest BCUT2D eigenvalue weighted by atomic mass is 10.2. The van der Waals surface area contributed by atoms with E-state index in [9.17, 15) is 19.1 Å². The quantitative estimate of drug-likeness (QED) is 0.305. The van der Waals surface area contributed by atoms with Crippen LogP contribution in [0.3, 0.4) is 0 Å². The molecule has 2 aromatic carbocycles. The molecule has 13 heteroatoms. The summed E-state index contributed by atoms with van der Waals surface area (Å²) in [6, 6.07) is 12.0. The van der Waals surface area contributed by atoms with E-state index in [0.717, 1.165) is 10.6 Å². The van der Waals surface area contributed by atoms with Gasteiger partial charge in [-0.3, -0.25) is 4.57 Å². The van der Waals surface area contributed by atoms with Crippen molar-refractivity contribution < 1.29 is 23.9 Å². The van der Waals surface area contributed by atoms with Crippen molar-refractivity contribution in [1.82, 2.24) is 19.3 Å². The average Bonchev–Trinajstić information content (AvgIpc) is 3.26. The van der Waals surface area contributed by atoms with Crippen LogP contribution in [-0.2, 0) is 13.1 Å². The highest BCUT2D eigenvalue weighted by Crippen LogP contribution is 2.27. The van der Waals surface area contributed by atoms with Crippen LogP contribution in [0, 0.1) is 12.7 Å². The second kappa shape index (κ2) is 10.7. The van der Waals surface area contributed by atoms with E-state index in [0.29, 0.717) is 20.9 Å². The van der Waals surface area contributed by atoms with Gasteiger partial charge in [0.15, 0.2) is 11.6 Å². The van der Waals surface area contributed by atoms with Gasteiger partial charge in [0.2, 0.25) is 5.95 Å². The number of hydrogen-bond acceptors (Lipinski definition) is 9. The molecule has 0 aliphatic rings. The Hall–Kier alpha value is -4.00. The molecule has 1 atom stereocenters. The maximum Gasteiger partial charge on any atom is 0.355 e. The van der Waals surface area contributed by atoms with Gasteiger partial charge in [-0.15, -0.1) is 0 Å². The number of nitrogens with one attached hydrogen (secondary N) is 1. The van der Waals surface area contributed by atoms with Crippen molar-refractivity contribution in [2.24, 2.45) is 0 Å². The molecule has 0 fully saturated rings. The van der Waals surface area contributed by atoms with E-state index in [1.165, 1.54) is 18.2 Å². The number of ether oxygens (including phenoxy) is 1. The Morgan fingerprint density at radius 2 is 1.92 bits per heavy atom. The molecule has 2 heterocycles. The molecule has 0 radical (unpaired) electrons. The van der Waals surface area contributed by atoms with E-state index in [1.54, 1.807) is 31.2 Å². The predicted octanol–water partition coefficient (Wildman–Crippen LogP) is 2.43. The molecule has 36 heavy (non-hydrogen) atoms. The Morgan fingerprint density at radius 3 is 2.56 bits per heavy atom. The second-order valence-corrected chi connectivity index (χ2v) is 8.24. The Kier molecular flexibility index (Phi) is 7.48. The number of nitrogens with zero attached hydrogens (tertiary/aromatic N) is 4. The number of aliphatic hydroxyl groups excluding tert-OH is 2. The first-order valence-corrected chi connectivity index (χ1v) is 11.0. The lowest BCUT2D eigenvalue weighted by Gasteiger charge is -2.17. The van der Waals surface area contributed by atoms with Gasteiger partial charge in [-0.2, -0.15) is 4.98 Å². The first kappa shape index (κ1) is 25.1. The highest BCUT2D eigenvalue weighted by atomic mass is 35.5. The molecule has 2 aromatic heterocycles. The van der Waals surface area contributed by atoms with Crippen LogP contribution in [0.1, 0.15) is 11.3 Å². The number of rotatable bonds is 9. The normalized spacial score (nSPS) is 11.9. The number of anilines is 2. The summed E-state index contributed by atoms with van der Waals surface area (Å²) in [4.78, 5) is 29.6. The largest absolute Gasteiger partial charge is 0.433 e. The fourth-order valence-electron chi connectivity index (χ4n) is 3.26. The third kappa shape index (κ3) is 5.79. The lowest BCUT2D eigenvalue weighted by molar-refractivity contribution is 0.0785. The summed E-state index contributed by atoms with van der Waals surface area (Å²) in [6.45, 7) is 0.545. The molecular formula is C23H21ClFN5O6. The summed E-state index contributed by atoms with van der Waals surface area (Å²) < 4.78 is 26.8. The summed E-state index contributed by atoms with van der Waals surface area (Å²) in [5.41, 5.74) is -0.900. The summed E-state index contributed by atoms with van der Waals surface area (Å²) in [5, 5.41) is 25.8. The van der Waals surface area contributed by atoms with Gasteiger partial charge in [0.05, 0.1) is 25.8 Å². The number of aryl methyl sites for hydroxylation is 1. The van der Waals surface area contributed by atoms with Gasteiger partial charge in [-0.25, -0.2) is 18.5 Å². The molecule has 4 aromatic rings. The van der Waals surface area contributed by atoms with Crippen LogP contribution < -0.4 is 21.4 Å². The van der Waals surface area contributed by atoms with Gasteiger partial charge in [0.1, 0.15) is 5.76 Å². The minimum Gasteiger partial charge on any atom is -0.433 e. The van der Waals surface area contributed by atoms with Crippen molar-refractivity contribution in [2.45, 2.75) is 26.1 Å². The van der Waals surface area contributed by atoms with Crippen LogP contribution in [0.4, 0.5) is 16.0 Å². The molecule has 0 aliphatic heterocycles. The third-order valence-electron chi connectivity index (χ3n) is 5.02. The van der Waals surface area contributed by atoms with Crippen LogP contribution >= 0.6 is 11.6 Å². The highest BCUT2D eigenvalue weighted by Gasteiger charge is 2.17. The molecule has 188 valence electrons. The van der Waals surface area contributed by atoms with Gasteiger partial charge in [-0.1, -0.05) is 23.7 Å². The standard InChI is InChI=1S/C23H21ClFN5O6/c1-13-8-20(28-36-13)35-19-7-6-16(9-18(19)25)26-21-27-22(33)30(11-17(32)12-31)23(34)29(21)10-14-2-4-15(24)5-3-14/h2-9,17,31-32H,10-12H2,1H3,(H,26,27,33)/t17-/m0/s1. The molecule has 0 saturated heterocycles. The monoisotopic (exact) mass is 517 g/mol. The van der Waals surface area contributed by atoms with E-state index in [2.05, 4.69) is 15.5 Å². The van der Waals surface area contributed by atoms with Gasteiger partial charge >= 0.3 is 11.4 Å². The number of aliphatic hydroxyl groups is 2. The van der Waals surface area contributed by atoms with Crippen molar-refractivity contribution in [3.63, 3.8) is 0 Å². The zero-order valence-electron chi connectivity index (χ0n) is 18.9. The van der Waals surface area contributed by atoms with Crippen LogP contribution in [-0.4, -0.2) is 42.2 Å². The summed E-state index contributed by atoms with van der Waals surface area (Å²) in [5.74, 6) is -0.441. The number of halogens is 2. The fourth-order valence-corrected chi connectivity index (χ4v) is 3.39. The van der Waals surface area contributed by atoms with E-state index >= 15 is 0 Å². The van der Waals surface area contributed by atoms with Gasteiger partial charge in [0, 0.05) is 22.8 Å². The van der Waals surface area contributed by atoms with Crippen molar-refractivity contribution in [3.05, 3.63) is 91.7 Å². The van der Waals surface area contributed by atoms with Crippen molar-refractivity contribution in [1.29, 1.82) is 0 Å². The molecule has 0 amide bonds. The maximum atomic E-state index is 14.7. The molecule has 0 bridgehead atoms. The van der Waals surface area contributed by atoms with E-state index < -0.39 is 36.5 Å². The van der Waals surface area contributed by atoms with Crippen LogP contribution in [0.15, 0.2) is 62.6 Å². The zero-order valence-corrected chi connectivity index (χ0v) is 19.6. The Labute approximate surface area is 208 Å². The number of benzene rings is 2. The molecular weight excluding hydrogens is 497 g/mol. The van der Waals surface area contributed by atoms with E-state index in [-0.39, 0.29) is 29.8 Å². The van der Waals surface area contributed by atoms with Gasteiger partial charge in [0.25, 0.3) is 5.88 Å². The summed E-state index contributed by atoms with van der Waals surface area (Å²) in [6.07, 6.45) is -1.34. The Balaban J connectivity index is 1.68. The summed E-state index contributed by atoms with van der Waals surface area (Å²) in [7, 11) is 0. The first-order valence-electron chi connectivity index (χ1n) is 10.7. The summed E-state index contributed by atoms with van der Waals surface area (Å²) >= 11 is 5.94. The maximum absolute atomic E-state index is 14.7. The second-order valence-electron chi connectivity index (χ2n) is 7.81. The van der Waals surface area contributed by atoms with Crippen LogP contribution in [0.2, 0.25) is 5.02 Å². The van der Waals surface area contributed by atoms with Gasteiger partial charge in [-0.05, 0) is 41.9 Å². The van der Waals surface area contributed by atoms with Gasteiger partial charge < -0.3 is 24.8 Å². The number of aromatic nitrogens is 4. The zero-order chi connectivity index (χ0) is 25.8. The van der Waals surface area contributed by atoms with E-state index in [1.807, 2.05) is 0 Å². The average molecular weight is 518 g/mol. The third-order valence-corrected chi connectivity index (χ3v) is 5.27. The number of hydrogen-bond donors (Lipinski definition) is 3. The Bertz CT molecular complexity index is 1480. The van der Waals surface area contributed by atoms with E-state index in [4.69, 9.17) is 26.0 Å². The van der Waals surface area contributed by atoms with Crippen molar-refractivity contribution in [2.75, 3.05) is 11.9 Å². The predicted molar refractivity (Wildman–Crippen MR) is 127 cm³/mol. The SMILES string of the molecule is Cc1cc(Oc2ccc(Nc3nc(=O)n(C[C@H](O)CO)c(=O)n3Cc3ccc(Cl)cc3)cc2F)no1. The first-order chi connectivity index (χ1) is 17.2. The van der Waals surface area contributed by atoms with Crippen LogP contribution in [0.5, 0.6) is 11.6 Å². The molecule has 0 unspecified atom stereocenters. The topological polar surface area (TPSA) is 145 Å². The smallest absolute Gasteiger partial charge is 0.355 e. The molecule has 0 spiro atoms. The van der Waals surface area contributed by atoms with Crippen molar-refractivity contribution >= 4 is 23.2 Å². The van der Waals surface area contributed by atoms with Crippen molar-refractivity contribution in [3.8, 4) is 11.6 Å². The minimum absolute atomic E-state index is 0.0178.